The maximum absolute atomic E-state index is 5.28. The molecule has 0 radical (unpaired) electrons. The van der Waals surface area contributed by atoms with E-state index in [1.54, 1.807) is 17.5 Å². The Balaban J connectivity index is 1.85. The van der Waals surface area contributed by atoms with Gasteiger partial charge in [-0.3, -0.25) is 0 Å². The molecule has 0 atom stereocenters. The number of nitrogens with zero attached hydrogens (tertiary/aromatic N) is 2. The van der Waals surface area contributed by atoms with Gasteiger partial charge in [0, 0.05) is 36.3 Å². The van der Waals surface area contributed by atoms with Gasteiger partial charge in [0.15, 0.2) is 0 Å². The van der Waals surface area contributed by atoms with Gasteiger partial charge in [0.05, 0.1) is 11.2 Å². The Morgan fingerprint density at radius 1 is 1.38 bits per heavy atom. The van der Waals surface area contributed by atoms with E-state index in [2.05, 4.69) is 26.1 Å². The Hall–Kier alpha value is -1.66. The van der Waals surface area contributed by atoms with E-state index in [0.29, 0.717) is 5.82 Å². The van der Waals surface area contributed by atoms with Crippen LogP contribution in [0.25, 0.3) is 0 Å². The van der Waals surface area contributed by atoms with E-state index in [4.69, 9.17) is 5.84 Å². The first-order valence-corrected chi connectivity index (χ1v) is 5.86. The molecule has 0 aliphatic carbocycles. The van der Waals surface area contributed by atoms with Gasteiger partial charge in [-0.15, -0.1) is 11.3 Å². The summed E-state index contributed by atoms with van der Waals surface area (Å²) in [5.41, 5.74) is 6.47. The molecule has 0 aliphatic heterocycles. The van der Waals surface area contributed by atoms with Crippen LogP contribution in [0.1, 0.15) is 5.69 Å². The maximum atomic E-state index is 5.28. The van der Waals surface area contributed by atoms with Crippen LogP contribution in [-0.2, 0) is 6.42 Å². The molecule has 6 heteroatoms. The van der Waals surface area contributed by atoms with E-state index in [9.17, 15) is 0 Å². The predicted octanol–water partition coefficient (Wildman–Crippen LogP) is 1.48. The van der Waals surface area contributed by atoms with Gasteiger partial charge in [-0.25, -0.2) is 15.8 Å². The number of thiazole rings is 1. The molecule has 16 heavy (non-hydrogen) atoms. The largest absolute Gasteiger partial charge is 0.384 e. The third-order valence-electron chi connectivity index (χ3n) is 2.10. The summed E-state index contributed by atoms with van der Waals surface area (Å²) in [7, 11) is 0. The monoisotopic (exact) mass is 235 g/mol. The lowest BCUT2D eigenvalue weighted by Crippen LogP contribution is -2.10. The Kier molecular flexibility index (Phi) is 3.68. The van der Waals surface area contributed by atoms with Gasteiger partial charge < -0.3 is 10.7 Å². The molecule has 84 valence electrons. The van der Waals surface area contributed by atoms with Crippen LogP contribution in [-0.4, -0.2) is 16.5 Å². The van der Waals surface area contributed by atoms with Crippen LogP contribution in [0.3, 0.4) is 0 Å². The molecule has 0 aromatic carbocycles. The lowest BCUT2D eigenvalue weighted by molar-refractivity contribution is 0.976. The fourth-order valence-electron chi connectivity index (χ4n) is 1.32. The first-order chi connectivity index (χ1) is 7.88. The second kappa shape index (κ2) is 5.43. The minimum atomic E-state index is 0.652. The first-order valence-electron chi connectivity index (χ1n) is 4.92. The molecule has 2 aromatic heterocycles. The Bertz CT molecular complexity index is 429. The van der Waals surface area contributed by atoms with Crippen LogP contribution in [0, 0.1) is 0 Å². The highest BCUT2D eigenvalue weighted by molar-refractivity contribution is 7.07. The van der Waals surface area contributed by atoms with Crippen molar-refractivity contribution in [2.75, 3.05) is 17.3 Å². The zero-order chi connectivity index (χ0) is 11.2. The number of anilines is 2. The number of hydrazine groups is 1. The number of pyridine rings is 1. The molecular weight excluding hydrogens is 222 g/mol. The Labute approximate surface area is 97.7 Å². The molecule has 2 rings (SSSR count). The number of nitrogens with one attached hydrogen (secondary N) is 2. The topological polar surface area (TPSA) is 75.9 Å². The second-order valence-corrected chi connectivity index (χ2v) is 3.95. The van der Waals surface area contributed by atoms with Crippen molar-refractivity contribution in [3.05, 3.63) is 34.9 Å². The van der Waals surface area contributed by atoms with Crippen molar-refractivity contribution in [3.8, 4) is 0 Å². The van der Waals surface area contributed by atoms with Gasteiger partial charge in [0.25, 0.3) is 0 Å². The van der Waals surface area contributed by atoms with Crippen molar-refractivity contribution < 1.29 is 0 Å². The summed E-state index contributed by atoms with van der Waals surface area (Å²) in [6, 6.07) is 3.77. The van der Waals surface area contributed by atoms with Crippen molar-refractivity contribution >= 4 is 22.8 Å². The molecule has 0 spiro atoms. The highest BCUT2D eigenvalue weighted by Gasteiger charge is 1.97. The smallest absolute Gasteiger partial charge is 0.141 e. The summed E-state index contributed by atoms with van der Waals surface area (Å²) < 4.78 is 0. The van der Waals surface area contributed by atoms with E-state index < -0.39 is 0 Å². The van der Waals surface area contributed by atoms with Crippen LogP contribution < -0.4 is 16.6 Å². The summed E-state index contributed by atoms with van der Waals surface area (Å²) in [4.78, 5) is 8.24. The Morgan fingerprint density at radius 2 is 2.31 bits per heavy atom. The number of nitrogens with two attached hydrogens (primary N) is 1. The molecule has 2 aromatic rings. The quantitative estimate of drug-likeness (QED) is 0.540. The lowest BCUT2D eigenvalue weighted by atomic mass is 10.3. The van der Waals surface area contributed by atoms with E-state index >= 15 is 0 Å². The number of rotatable bonds is 5. The number of hydrogen-bond donors (Lipinski definition) is 3. The Morgan fingerprint density at radius 3 is 3.06 bits per heavy atom. The number of aromatic nitrogens is 2. The molecule has 0 bridgehead atoms. The summed E-state index contributed by atoms with van der Waals surface area (Å²) in [5, 5.41) is 5.34. The lowest BCUT2D eigenvalue weighted by Gasteiger charge is -2.06. The molecule has 0 saturated heterocycles. The van der Waals surface area contributed by atoms with Gasteiger partial charge in [0.2, 0.25) is 0 Å². The van der Waals surface area contributed by atoms with Gasteiger partial charge in [-0.05, 0) is 6.07 Å². The maximum Gasteiger partial charge on any atom is 0.141 e. The fourth-order valence-corrected chi connectivity index (χ4v) is 1.91. The average Bonchev–Trinajstić information content (AvgIpc) is 2.82. The summed E-state index contributed by atoms with van der Waals surface area (Å²) in [5.74, 6) is 5.93. The van der Waals surface area contributed by atoms with Crippen molar-refractivity contribution in [2.24, 2.45) is 5.84 Å². The third kappa shape index (κ3) is 2.91. The summed E-state index contributed by atoms with van der Waals surface area (Å²) >= 11 is 1.62. The minimum absolute atomic E-state index is 0.652. The molecule has 5 nitrogen and oxygen atoms in total. The number of hydrogen-bond acceptors (Lipinski definition) is 6. The summed E-state index contributed by atoms with van der Waals surface area (Å²) in [6.45, 7) is 0.845. The highest BCUT2D eigenvalue weighted by atomic mass is 32.1. The standard InChI is InChI=1S/C10H13N5S/c11-15-10-5-8(1-4-13-10)12-3-2-9-6-16-7-14-9/h1,4-7H,2-3,11H2,(H2,12,13,15). The van der Waals surface area contributed by atoms with E-state index in [1.165, 1.54) is 0 Å². The van der Waals surface area contributed by atoms with Crippen LogP contribution >= 0.6 is 11.3 Å². The first kappa shape index (κ1) is 10.8. The van der Waals surface area contributed by atoms with Crippen LogP contribution in [0.15, 0.2) is 29.2 Å². The van der Waals surface area contributed by atoms with Crippen molar-refractivity contribution in [2.45, 2.75) is 6.42 Å². The average molecular weight is 235 g/mol. The normalized spacial score (nSPS) is 10.1. The molecular formula is C10H13N5S. The minimum Gasteiger partial charge on any atom is -0.384 e. The molecule has 0 amide bonds. The third-order valence-corrected chi connectivity index (χ3v) is 2.74. The SMILES string of the molecule is NNc1cc(NCCc2cscn2)ccn1. The predicted molar refractivity (Wildman–Crippen MR) is 66.4 cm³/mol. The highest BCUT2D eigenvalue weighted by Crippen LogP contribution is 2.11. The van der Waals surface area contributed by atoms with Crippen LogP contribution in [0.5, 0.6) is 0 Å². The van der Waals surface area contributed by atoms with E-state index in [0.717, 1.165) is 24.3 Å². The molecule has 4 N–H and O–H groups in total. The molecule has 0 saturated carbocycles. The van der Waals surface area contributed by atoms with Crippen LogP contribution in [0.2, 0.25) is 0 Å². The van der Waals surface area contributed by atoms with Gasteiger partial charge in [-0.1, -0.05) is 0 Å². The zero-order valence-corrected chi connectivity index (χ0v) is 9.50. The van der Waals surface area contributed by atoms with Gasteiger partial charge in [0.1, 0.15) is 5.82 Å². The fraction of sp³-hybridized carbons (Fsp3) is 0.200. The van der Waals surface area contributed by atoms with Crippen LogP contribution in [0.4, 0.5) is 11.5 Å². The molecule has 0 aliphatic rings. The molecule has 2 heterocycles. The number of nitrogen functional groups attached to an aromatic ring is 1. The second-order valence-electron chi connectivity index (χ2n) is 3.23. The van der Waals surface area contributed by atoms with Crippen molar-refractivity contribution in [3.63, 3.8) is 0 Å². The van der Waals surface area contributed by atoms with E-state index in [1.807, 2.05) is 17.6 Å². The van der Waals surface area contributed by atoms with Gasteiger partial charge in [-0.2, -0.15) is 0 Å². The summed E-state index contributed by atoms with van der Waals surface area (Å²) in [6.07, 6.45) is 2.62. The van der Waals surface area contributed by atoms with Crippen molar-refractivity contribution in [1.29, 1.82) is 0 Å². The van der Waals surface area contributed by atoms with E-state index in [-0.39, 0.29) is 0 Å². The zero-order valence-electron chi connectivity index (χ0n) is 8.68. The van der Waals surface area contributed by atoms with Crippen molar-refractivity contribution in [1.82, 2.24) is 9.97 Å². The van der Waals surface area contributed by atoms with Gasteiger partial charge >= 0.3 is 0 Å². The molecule has 0 fully saturated rings. The molecule has 0 unspecified atom stereocenters.